The SMILES string of the molecule is CN(C)c1ncc2c(n1)C1(CCCN(C(=O)Cc3ccc(F)cc3F)C1)CC2. The van der Waals surface area contributed by atoms with Crippen LogP contribution in [0.4, 0.5) is 14.7 Å². The molecule has 2 aromatic rings. The molecule has 1 fully saturated rings. The maximum atomic E-state index is 14.0. The molecule has 4 rings (SSSR count). The molecular weight excluding hydrogens is 362 g/mol. The van der Waals surface area contributed by atoms with Gasteiger partial charge in [-0.2, -0.15) is 0 Å². The van der Waals surface area contributed by atoms with Crippen molar-refractivity contribution in [3.63, 3.8) is 0 Å². The average Bonchev–Trinajstić information content (AvgIpc) is 3.01. The lowest BCUT2D eigenvalue weighted by Gasteiger charge is -2.40. The number of amides is 1. The molecule has 1 unspecified atom stereocenters. The number of hydrogen-bond acceptors (Lipinski definition) is 4. The summed E-state index contributed by atoms with van der Waals surface area (Å²) in [5, 5.41) is 0. The van der Waals surface area contributed by atoms with Crippen LogP contribution in [-0.4, -0.2) is 48.0 Å². The molecule has 1 spiro atoms. The highest BCUT2D eigenvalue weighted by atomic mass is 19.1. The van der Waals surface area contributed by atoms with Crippen LogP contribution < -0.4 is 4.90 Å². The zero-order valence-corrected chi connectivity index (χ0v) is 16.2. The van der Waals surface area contributed by atoms with Gasteiger partial charge in [-0.1, -0.05) is 6.07 Å². The summed E-state index contributed by atoms with van der Waals surface area (Å²) in [6, 6.07) is 3.37. The van der Waals surface area contributed by atoms with Crippen molar-refractivity contribution in [3.8, 4) is 0 Å². The predicted octanol–water partition coefficient (Wildman–Crippen LogP) is 2.87. The zero-order chi connectivity index (χ0) is 19.9. The third kappa shape index (κ3) is 3.34. The molecule has 148 valence electrons. The summed E-state index contributed by atoms with van der Waals surface area (Å²) in [7, 11) is 3.83. The molecule has 1 amide bonds. The Morgan fingerprint density at radius 1 is 1.29 bits per heavy atom. The van der Waals surface area contributed by atoms with Crippen molar-refractivity contribution in [1.82, 2.24) is 14.9 Å². The minimum absolute atomic E-state index is 0.0538. The van der Waals surface area contributed by atoms with Gasteiger partial charge in [-0.05, 0) is 42.9 Å². The lowest BCUT2D eigenvalue weighted by Crippen LogP contribution is -2.48. The Morgan fingerprint density at radius 3 is 2.86 bits per heavy atom. The summed E-state index contributed by atoms with van der Waals surface area (Å²) in [5.41, 5.74) is 2.29. The van der Waals surface area contributed by atoms with E-state index in [9.17, 15) is 13.6 Å². The highest BCUT2D eigenvalue weighted by Gasteiger charge is 2.44. The fraction of sp³-hybridized carbons (Fsp3) is 0.476. The molecule has 1 aromatic heterocycles. The fourth-order valence-corrected chi connectivity index (χ4v) is 4.43. The second-order valence-corrected chi connectivity index (χ2v) is 8.05. The summed E-state index contributed by atoms with van der Waals surface area (Å²) in [5.74, 6) is -0.754. The lowest BCUT2D eigenvalue weighted by atomic mass is 9.77. The van der Waals surface area contributed by atoms with Crippen molar-refractivity contribution in [2.24, 2.45) is 0 Å². The number of benzene rings is 1. The van der Waals surface area contributed by atoms with Gasteiger partial charge in [0.2, 0.25) is 11.9 Å². The Morgan fingerprint density at radius 2 is 2.11 bits per heavy atom. The van der Waals surface area contributed by atoms with Gasteiger partial charge in [0.05, 0.1) is 12.1 Å². The van der Waals surface area contributed by atoms with Gasteiger partial charge in [0.25, 0.3) is 0 Å². The Labute approximate surface area is 163 Å². The van der Waals surface area contributed by atoms with Crippen molar-refractivity contribution >= 4 is 11.9 Å². The monoisotopic (exact) mass is 386 g/mol. The molecule has 2 aliphatic rings. The summed E-state index contributed by atoms with van der Waals surface area (Å²) >= 11 is 0. The van der Waals surface area contributed by atoms with Gasteiger partial charge in [-0.3, -0.25) is 4.79 Å². The Kier molecular flexibility index (Phi) is 4.77. The number of rotatable bonds is 3. The molecule has 7 heteroatoms. The minimum Gasteiger partial charge on any atom is -0.347 e. The van der Waals surface area contributed by atoms with Crippen LogP contribution >= 0.6 is 0 Å². The van der Waals surface area contributed by atoms with E-state index < -0.39 is 11.6 Å². The molecule has 0 bridgehead atoms. The predicted molar refractivity (Wildman–Crippen MR) is 102 cm³/mol. The van der Waals surface area contributed by atoms with E-state index in [4.69, 9.17) is 4.98 Å². The van der Waals surface area contributed by atoms with Crippen LogP contribution in [0.15, 0.2) is 24.4 Å². The van der Waals surface area contributed by atoms with E-state index in [1.54, 1.807) is 0 Å². The molecule has 1 atom stereocenters. The maximum Gasteiger partial charge on any atom is 0.227 e. The first-order valence-electron chi connectivity index (χ1n) is 9.63. The van der Waals surface area contributed by atoms with Crippen LogP contribution in [0.5, 0.6) is 0 Å². The largest absolute Gasteiger partial charge is 0.347 e. The second-order valence-electron chi connectivity index (χ2n) is 8.05. The van der Waals surface area contributed by atoms with E-state index >= 15 is 0 Å². The number of carbonyl (C=O) groups excluding carboxylic acids is 1. The van der Waals surface area contributed by atoms with E-state index in [-0.39, 0.29) is 23.3 Å². The second kappa shape index (κ2) is 7.11. The first-order chi connectivity index (χ1) is 13.4. The summed E-state index contributed by atoms with van der Waals surface area (Å²) in [6.07, 6.45) is 5.58. The summed E-state index contributed by atoms with van der Waals surface area (Å²) < 4.78 is 27.1. The Hall–Kier alpha value is -2.57. The number of hydrogen-bond donors (Lipinski definition) is 0. The standard InChI is InChI=1S/C21H24F2N4O/c1-26(2)20-24-12-15-6-8-21(19(15)25-20)7-3-9-27(13-21)18(28)10-14-4-5-16(22)11-17(14)23/h4-5,11-12H,3,6-10,13H2,1-2H3. The van der Waals surface area contributed by atoms with Crippen molar-refractivity contribution in [1.29, 1.82) is 0 Å². The molecule has 1 aromatic carbocycles. The highest BCUT2D eigenvalue weighted by Crippen LogP contribution is 2.44. The van der Waals surface area contributed by atoms with E-state index in [0.717, 1.165) is 43.0 Å². The van der Waals surface area contributed by atoms with Crippen molar-refractivity contribution < 1.29 is 13.6 Å². The number of fused-ring (bicyclic) bond motifs is 2. The summed E-state index contributed by atoms with van der Waals surface area (Å²) in [6.45, 7) is 1.25. The van der Waals surface area contributed by atoms with Gasteiger partial charge in [0, 0.05) is 44.9 Å². The van der Waals surface area contributed by atoms with E-state index in [2.05, 4.69) is 4.98 Å². The maximum absolute atomic E-state index is 14.0. The number of likely N-dealkylation sites (tertiary alicyclic amines) is 1. The van der Waals surface area contributed by atoms with Crippen LogP contribution in [0.3, 0.4) is 0 Å². The van der Waals surface area contributed by atoms with Crippen molar-refractivity contribution in [3.05, 3.63) is 52.9 Å². The average molecular weight is 386 g/mol. The topological polar surface area (TPSA) is 49.3 Å². The number of anilines is 1. The Bertz CT molecular complexity index is 913. The number of carbonyl (C=O) groups is 1. The number of piperidine rings is 1. The fourth-order valence-electron chi connectivity index (χ4n) is 4.43. The van der Waals surface area contributed by atoms with Gasteiger partial charge in [-0.15, -0.1) is 0 Å². The van der Waals surface area contributed by atoms with Crippen LogP contribution in [0.2, 0.25) is 0 Å². The van der Waals surface area contributed by atoms with Crippen LogP contribution in [0.25, 0.3) is 0 Å². The van der Waals surface area contributed by atoms with Crippen molar-refractivity contribution in [2.45, 2.75) is 37.5 Å². The van der Waals surface area contributed by atoms with Crippen molar-refractivity contribution in [2.75, 3.05) is 32.1 Å². The first-order valence-corrected chi connectivity index (χ1v) is 9.63. The first kappa shape index (κ1) is 18.8. The molecule has 28 heavy (non-hydrogen) atoms. The van der Waals surface area contributed by atoms with Gasteiger partial charge < -0.3 is 9.80 Å². The van der Waals surface area contributed by atoms with Gasteiger partial charge in [0.1, 0.15) is 11.6 Å². The number of aryl methyl sites for hydroxylation is 1. The molecule has 1 aliphatic carbocycles. The van der Waals surface area contributed by atoms with Gasteiger partial charge >= 0.3 is 0 Å². The molecule has 1 aliphatic heterocycles. The van der Waals surface area contributed by atoms with Gasteiger partial charge in [-0.25, -0.2) is 18.7 Å². The zero-order valence-electron chi connectivity index (χ0n) is 16.2. The van der Waals surface area contributed by atoms with Gasteiger partial charge in [0.15, 0.2) is 0 Å². The quantitative estimate of drug-likeness (QED) is 0.814. The van der Waals surface area contributed by atoms with E-state index in [1.165, 1.54) is 12.1 Å². The number of halogens is 2. The summed E-state index contributed by atoms with van der Waals surface area (Å²) in [4.78, 5) is 25.8. The minimum atomic E-state index is -0.672. The smallest absolute Gasteiger partial charge is 0.227 e. The van der Waals surface area contributed by atoms with Crippen LogP contribution in [0.1, 0.15) is 36.1 Å². The lowest BCUT2D eigenvalue weighted by molar-refractivity contribution is -0.132. The third-order valence-electron chi connectivity index (χ3n) is 5.91. The van der Waals surface area contributed by atoms with E-state index in [1.807, 2.05) is 30.1 Å². The third-order valence-corrected chi connectivity index (χ3v) is 5.91. The molecule has 0 N–H and O–H groups in total. The Balaban J connectivity index is 1.56. The number of nitrogens with zero attached hydrogens (tertiary/aromatic N) is 4. The molecule has 0 saturated carbocycles. The molecule has 5 nitrogen and oxygen atoms in total. The highest BCUT2D eigenvalue weighted by molar-refractivity contribution is 5.79. The van der Waals surface area contributed by atoms with Crippen LogP contribution in [0, 0.1) is 11.6 Å². The molecule has 0 radical (unpaired) electrons. The van der Waals surface area contributed by atoms with E-state index in [0.29, 0.717) is 19.0 Å². The normalized spacial score (nSPS) is 21.1. The molecule has 2 heterocycles. The number of aromatic nitrogens is 2. The van der Waals surface area contributed by atoms with Crippen LogP contribution in [-0.2, 0) is 23.1 Å². The molecule has 1 saturated heterocycles. The molecular formula is C21H24F2N4O.